The Hall–Kier alpha value is -0.0800. The summed E-state index contributed by atoms with van der Waals surface area (Å²) in [5, 5.41) is 10.3. The van der Waals surface area contributed by atoms with Gasteiger partial charge in [0.2, 0.25) is 0 Å². The first-order valence-corrected chi connectivity index (χ1v) is 6.00. The molecule has 0 aromatic rings. The molecule has 86 valence electrons. The van der Waals surface area contributed by atoms with E-state index < -0.39 is 5.60 Å². The van der Waals surface area contributed by atoms with E-state index in [1.54, 1.807) is 0 Å². The molecule has 0 aliphatic heterocycles. The van der Waals surface area contributed by atoms with Gasteiger partial charge in [-0.05, 0) is 32.2 Å². The minimum atomic E-state index is -0.556. The molecule has 2 nitrogen and oxygen atoms in total. The molecule has 3 N–H and O–H groups in total. The van der Waals surface area contributed by atoms with Crippen molar-refractivity contribution in [3.63, 3.8) is 0 Å². The standard InChI is InChI=1S/C12H27NO/c1-4-6-7-9-12(3,14)11(10-13)8-5-2/h11,14H,4-10,13H2,1-3H3. The molecule has 0 heterocycles. The fourth-order valence-electron chi connectivity index (χ4n) is 1.97. The lowest BCUT2D eigenvalue weighted by molar-refractivity contribution is -0.0111. The second-order valence-electron chi connectivity index (χ2n) is 4.54. The van der Waals surface area contributed by atoms with Crippen LogP contribution < -0.4 is 5.73 Å². The molecule has 0 aliphatic carbocycles. The molecule has 2 atom stereocenters. The smallest absolute Gasteiger partial charge is 0.0659 e. The first kappa shape index (κ1) is 13.9. The van der Waals surface area contributed by atoms with Crippen molar-refractivity contribution in [3.8, 4) is 0 Å². The van der Waals surface area contributed by atoms with E-state index in [9.17, 15) is 5.11 Å². The summed E-state index contributed by atoms with van der Waals surface area (Å²) in [5.74, 6) is 0.268. The lowest BCUT2D eigenvalue weighted by Crippen LogP contribution is -2.39. The minimum absolute atomic E-state index is 0.268. The fourth-order valence-corrected chi connectivity index (χ4v) is 1.97. The summed E-state index contributed by atoms with van der Waals surface area (Å²) in [7, 11) is 0. The molecule has 0 radical (unpaired) electrons. The van der Waals surface area contributed by atoms with E-state index in [0.29, 0.717) is 6.54 Å². The number of hydrogen-bond acceptors (Lipinski definition) is 2. The van der Waals surface area contributed by atoms with Crippen LogP contribution in [0.3, 0.4) is 0 Å². The molecule has 2 unspecified atom stereocenters. The van der Waals surface area contributed by atoms with Gasteiger partial charge in [-0.1, -0.05) is 39.5 Å². The fraction of sp³-hybridized carbons (Fsp3) is 1.00. The third kappa shape index (κ3) is 4.97. The summed E-state index contributed by atoms with van der Waals surface area (Å²) in [6, 6.07) is 0. The predicted molar refractivity (Wildman–Crippen MR) is 62.2 cm³/mol. The summed E-state index contributed by atoms with van der Waals surface area (Å²) < 4.78 is 0. The maximum Gasteiger partial charge on any atom is 0.0659 e. The van der Waals surface area contributed by atoms with Crippen molar-refractivity contribution in [2.24, 2.45) is 11.7 Å². The molecule has 0 aromatic heterocycles. The first-order valence-electron chi connectivity index (χ1n) is 6.00. The molecule has 0 aromatic carbocycles. The van der Waals surface area contributed by atoms with Crippen LogP contribution >= 0.6 is 0 Å². The third-order valence-electron chi connectivity index (χ3n) is 3.09. The van der Waals surface area contributed by atoms with Crippen molar-refractivity contribution in [1.29, 1.82) is 0 Å². The summed E-state index contributed by atoms with van der Waals surface area (Å²) in [6.07, 6.45) is 6.56. The lowest BCUT2D eigenvalue weighted by Gasteiger charge is -2.32. The number of nitrogens with two attached hydrogens (primary N) is 1. The van der Waals surface area contributed by atoms with Gasteiger partial charge in [0.15, 0.2) is 0 Å². The van der Waals surface area contributed by atoms with E-state index in [-0.39, 0.29) is 5.92 Å². The lowest BCUT2D eigenvalue weighted by atomic mass is 9.82. The monoisotopic (exact) mass is 201 g/mol. The highest BCUT2D eigenvalue weighted by atomic mass is 16.3. The average molecular weight is 201 g/mol. The average Bonchev–Trinajstić information content (AvgIpc) is 2.14. The van der Waals surface area contributed by atoms with Crippen molar-refractivity contribution in [1.82, 2.24) is 0 Å². The van der Waals surface area contributed by atoms with Gasteiger partial charge in [0.25, 0.3) is 0 Å². The van der Waals surface area contributed by atoms with Gasteiger partial charge >= 0.3 is 0 Å². The molecule has 2 heteroatoms. The van der Waals surface area contributed by atoms with E-state index in [4.69, 9.17) is 5.73 Å². The van der Waals surface area contributed by atoms with Gasteiger partial charge < -0.3 is 10.8 Å². The zero-order valence-corrected chi connectivity index (χ0v) is 10.1. The van der Waals surface area contributed by atoms with E-state index in [1.807, 2.05) is 6.92 Å². The quantitative estimate of drug-likeness (QED) is 0.593. The predicted octanol–water partition coefficient (Wildman–Crippen LogP) is 2.69. The molecule has 0 rings (SSSR count). The van der Waals surface area contributed by atoms with Crippen LogP contribution in [-0.4, -0.2) is 17.3 Å². The van der Waals surface area contributed by atoms with E-state index >= 15 is 0 Å². The van der Waals surface area contributed by atoms with Gasteiger partial charge in [-0.3, -0.25) is 0 Å². The number of aliphatic hydroxyl groups is 1. The molecule has 14 heavy (non-hydrogen) atoms. The Balaban J connectivity index is 3.97. The Kier molecular flexibility index (Phi) is 7.20. The normalized spacial score (nSPS) is 17.8. The first-order chi connectivity index (χ1) is 6.58. The number of unbranched alkanes of at least 4 members (excludes halogenated alkanes) is 2. The molecule has 0 fully saturated rings. The summed E-state index contributed by atoms with van der Waals surface area (Å²) >= 11 is 0. The Morgan fingerprint density at radius 1 is 1.21 bits per heavy atom. The highest BCUT2D eigenvalue weighted by Gasteiger charge is 2.29. The minimum Gasteiger partial charge on any atom is -0.390 e. The summed E-state index contributed by atoms with van der Waals surface area (Å²) in [6.45, 7) is 6.87. The van der Waals surface area contributed by atoms with Crippen molar-refractivity contribution in [2.45, 2.75) is 64.9 Å². The second kappa shape index (κ2) is 7.24. The van der Waals surface area contributed by atoms with Crippen molar-refractivity contribution < 1.29 is 5.11 Å². The van der Waals surface area contributed by atoms with Crippen LogP contribution in [0.15, 0.2) is 0 Å². The second-order valence-corrected chi connectivity index (χ2v) is 4.54. The van der Waals surface area contributed by atoms with Crippen molar-refractivity contribution >= 4 is 0 Å². The van der Waals surface area contributed by atoms with Crippen LogP contribution in [0.4, 0.5) is 0 Å². The molecule has 0 amide bonds. The van der Waals surface area contributed by atoms with Gasteiger partial charge in [0.05, 0.1) is 5.60 Å². The molecular weight excluding hydrogens is 174 g/mol. The van der Waals surface area contributed by atoms with Crippen LogP contribution in [0.5, 0.6) is 0 Å². The van der Waals surface area contributed by atoms with Crippen molar-refractivity contribution in [3.05, 3.63) is 0 Å². The largest absolute Gasteiger partial charge is 0.390 e. The molecule has 0 spiro atoms. The van der Waals surface area contributed by atoms with E-state index in [0.717, 1.165) is 25.7 Å². The zero-order chi connectivity index (χ0) is 11.0. The van der Waals surface area contributed by atoms with Gasteiger partial charge in [-0.15, -0.1) is 0 Å². The van der Waals surface area contributed by atoms with E-state index in [1.165, 1.54) is 12.8 Å². The van der Waals surface area contributed by atoms with Gasteiger partial charge in [-0.2, -0.15) is 0 Å². The molecule has 0 saturated carbocycles. The van der Waals surface area contributed by atoms with Gasteiger partial charge in [-0.25, -0.2) is 0 Å². The Bertz CT molecular complexity index is 134. The molecular formula is C12H27NO. The number of rotatable bonds is 8. The Labute approximate surface area is 88.9 Å². The Morgan fingerprint density at radius 2 is 1.86 bits per heavy atom. The molecule has 0 saturated heterocycles. The maximum absolute atomic E-state index is 10.3. The van der Waals surface area contributed by atoms with Crippen LogP contribution in [0.25, 0.3) is 0 Å². The third-order valence-corrected chi connectivity index (χ3v) is 3.09. The van der Waals surface area contributed by atoms with Crippen LogP contribution in [0, 0.1) is 5.92 Å². The van der Waals surface area contributed by atoms with Crippen molar-refractivity contribution in [2.75, 3.05) is 6.54 Å². The molecule has 0 bridgehead atoms. The van der Waals surface area contributed by atoms with Crippen LogP contribution in [0.2, 0.25) is 0 Å². The number of hydrogen-bond donors (Lipinski definition) is 2. The highest BCUT2D eigenvalue weighted by Crippen LogP contribution is 2.26. The molecule has 0 aliphatic rings. The van der Waals surface area contributed by atoms with Gasteiger partial charge in [0.1, 0.15) is 0 Å². The summed E-state index contributed by atoms with van der Waals surface area (Å²) in [4.78, 5) is 0. The van der Waals surface area contributed by atoms with Gasteiger partial charge in [0, 0.05) is 0 Å². The van der Waals surface area contributed by atoms with Crippen LogP contribution in [0.1, 0.15) is 59.3 Å². The summed E-state index contributed by atoms with van der Waals surface area (Å²) in [5.41, 5.74) is 5.13. The highest BCUT2D eigenvalue weighted by molar-refractivity contribution is 4.82. The maximum atomic E-state index is 10.3. The Morgan fingerprint density at radius 3 is 2.29 bits per heavy atom. The van der Waals surface area contributed by atoms with Crippen LogP contribution in [-0.2, 0) is 0 Å². The topological polar surface area (TPSA) is 46.2 Å². The van der Waals surface area contributed by atoms with E-state index in [2.05, 4.69) is 13.8 Å². The zero-order valence-electron chi connectivity index (χ0n) is 10.1. The SMILES string of the molecule is CCCCCC(C)(O)C(CN)CCC.